The highest BCUT2D eigenvalue weighted by atomic mass is 19.1. The molecule has 1 aromatic rings. The summed E-state index contributed by atoms with van der Waals surface area (Å²) in [6, 6.07) is 8.49. The number of anilines is 1. The summed E-state index contributed by atoms with van der Waals surface area (Å²) in [6.45, 7) is 3.94. The van der Waals surface area contributed by atoms with Crippen molar-refractivity contribution in [2.75, 3.05) is 37.6 Å². The molecule has 1 aliphatic rings. The fraction of sp³-hybridized carbons (Fsp3) is 0.500. The fourth-order valence-electron chi connectivity index (χ4n) is 2.31. The summed E-state index contributed by atoms with van der Waals surface area (Å²) < 4.78 is 12.9. The van der Waals surface area contributed by atoms with Gasteiger partial charge in [-0.15, -0.1) is 0 Å². The third-order valence-corrected chi connectivity index (χ3v) is 3.36. The summed E-state index contributed by atoms with van der Waals surface area (Å²) in [5.74, 6) is -0.220. The second kappa shape index (κ2) is 6.50. The van der Waals surface area contributed by atoms with Gasteiger partial charge in [0.25, 0.3) is 0 Å². The van der Waals surface area contributed by atoms with E-state index in [4.69, 9.17) is 5.26 Å². The summed E-state index contributed by atoms with van der Waals surface area (Å²) in [5.41, 5.74) is 1.03. The first kappa shape index (κ1) is 13.8. The third kappa shape index (κ3) is 3.91. The molecule has 1 N–H and O–H groups in total. The number of rotatable bonds is 4. The molecule has 19 heavy (non-hydrogen) atoms. The van der Waals surface area contributed by atoms with E-state index >= 15 is 0 Å². The highest BCUT2D eigenvalue weighted by Gasteiger charge is 2.19. The highest BCUT2D eigenvalue weighted by Crippen LogP contribution is 2.17. The van der Waals surface area contributed by atoms with Crippen LogP contribution in [0.15, 0.2) is 24.3 Å². The van der Waals surface area contributed by atoms with E-state index in [2.05, 4.69) is 9.80 Å². The Bertz CT molecular complexity index is 435. The zero-order chi connectivity index (χ0) is 13.7. The minimum Gasteiger partial charge on any atom is -0.391 e. The van der Waals surface area contributed by atoms with Crippen LogP contribution in [0, 0.1) is 17.1 Å². The van der Waals surface area contributed by atoms with E-state index in [1.165, 1.54) is 12.1 Å². The van der Waals surface area contributed by atoms with E-state index in [0.29, 0.717) is 6.54 Å². The first-order chi connectivity index (χ1) is 9.19. The van der Waals surface area contributed by atoms with Crippen LogP contribution in [0.2, 0.25) is 0 Å². The van der Waals surface area contributed by atoms with Crippen LogP contribution >= 0.6 is 0 Å². The predicted molar refractivity (Wildman–Crippen MR) is 71.3 cm³/mol. The van der Waals surface area contributed by atoms with Crippen molar-refractivity contribution in [1.29, 1.82) is 5.26 Å². The molecular formula is C14H18FN3O. The van der Waals surface area contributed by atoms with Crippen LogP contribution in [0.4, 0.5) is 10.1 Å². The standard InChI is InChI=1S/C14H18FN3O/c15-12-1-3-13(4-2-12)18-9-7-17(8-10-18)11-14(19)5-6-16/h1-4,14,19H,5,7-11H2. The molecule has 0 aromatic heterocycles. The summed E-state index contributed by atoms with van der Waals surface area (Å²) >= 11 is 0. The first-order valence-corrected chi connectivity index (χ1v) is 6.47. The van der Waals surface area contributed by atoms with Crippen LogP contribution in [0.3, 0.4) is 0 Å². The van der Waals surface area contributed by atoms with Crippen LogP contribution < -0.4 is 4.90 Å². The number of benzene rings is 1. The number of nitrogens with zero attached hydrogens (tertiary/aromatic N) is 3. The van der Waals surface area contributed by atoms with Crippen LogP contribution in [0.1, 0.15) is 6.42 Å². The smallest absolute Gasteiger partial charge is 0.123 e. The van der Waals surface area contributed by atoms with Gasteiger partial charge in [0.05, 0.1) is 18.6 Å². The molecule has 5 heteroatoms. The molecule has 1 unspecified atom stereocenters. The normalized spacial score (nSPS) is 18.1. The van der Waals surface area contributed by atoms with Crippen LogP contribution in [-0.2, 0) is 0 Å². The summed E-state index contributed by atoms with van der Waals surface area (Å²) in [6.07, 6.45) is -0.389. The molecule has 0 bridgehead atoms. The third-order valence-electron chi connectivity index (χ3n) is 3.36. The minimum absolute atomic E-state index is 0.179. The molecule has 0 spiro atoms. The Morgan fingerprint density at radius 1 is 1.21 bits per heavy atom. The number of hydrogen-bond acceptors (Lipinski definition) is 4. The van der Waals surface area contributed by atoms with Gasteiger partial charge in [-0.2, -0.15) is 5.26 Å². The lowest BCUT2D eigenvalue weighted by atomic mass is 10.2. The second-order valence-electron chi connectivity index (χ2n) is 4.78. The van der Waals surface area contributed by atoms with E-state index in [9.17, 15) is 9.50 Å². The molecule has 0 saturated carbocycles. The van der Waals surface area contributed by atoms with E-state index in [1.807, 2.05) is 6.07 Å². The zero-order valence-corrected chi connectivity index (χ0v) is 10.8. The van der Waals surface area contributed by atoms with Gasteiger partial charge in [-0.3, -0.25) is 4.90 Å². The molecule has 1 aliphatic heterocycles. The number of β-amino-alcohol motifs (C(OH)–C–C–N with tert-alkyl or cyclic N) is 1. The van der Waals surface area contributed by atoms with Gasteiger partial charge in [-0.1, -0.05) is 0 Å². The monoisotopic (exact) mass is 263 g/mol. The van der Waals surface area contributed by atoms with Gasteiger partial charge in [0.1, 0.15) is 5.82 Å². The van der Waals surface area contributed by atoms with Crippen molar-refractivity contribution in [3.8, 4) is 6.07 Å². The summed E-state index contributed by atoms with van der Waals surface area (Å²) in [5, 5.41) is 18.1. The van der Waals surface area contributed by atoms with Gasteiger partial charge < -0.3 is 10.0 Å². The lowest BCUT2D eigenvalue weighted by Crippen LogP contribution is -2.48. The Labute approximate surface area is 112 Å². The van der Waals surface area contributed by atoms with Crippen molar-refractivity contribution in [3.05, 3.63) is 30.1 Å². The minimum atomic E-state index is -0.567. The Balaban J connectivity index is 1.82. The molecule has 0 amide bonds. The topological polar surface area (TPSA) is 50.5 Å². The Morgan fingerprint density at radius 2 is 1.84 bits per heavy atom. The number of halogens is 1. The van der Waals surface area contributed by atoms with Crippen LogP contribution in [0.25, 0.3) is 0 Å². The lowest BCUT2D eigenvalue weighted by Gasteiger charge is -2.36. The van der Waals surface area contributed by atoms with Gasteiger partial charge >= 0.3 is 0 Å². The molecule has 1 atom stereocenters. The van der Waals surface area contributed by atoms with Gasteiger partial charge in [-0.05, 0) is 24.3 Å². The van der Waals surface area contributed by atoms with Crippen LogP contribution in [-0.4, -0.2) is 48.8 Å². The fourth-order valence-corrected chi connectivity index (χ4v) is 2.31. The highest BCUT2D eigenvalue weighted by molar-refractivity contribution is 5.46. The van der Waals surface area contributed by atoms with Crippen molar-refractivity contribution in [2.24, 2.45) is 0 Å². The molecule has 4 nitrogen and oxygen atoms in total. The lowest BCUT2D eigenvalue weighted by molar-refractivity contribution is 0.112. The van der Waals surface area contributed by atoms with Crippen LogP contribution in [0.5, 0.6) is 0 Å². The van der Waals surface area contributed by atoms with Gasteiger partial charge in [-0.25, -0.2) is 4.39 Å². The summed E-state index contributed by atoms with van der Waals surface area (Å²) in [7, 11) is 0. The maximum Gasteiger partial charge on any atom is 0.123 e. The van der Waals surface area contributed by atoms with Crippen molar-refractivity contribution < 1.29 is 9.50 Å². The predicted octanol–water partition coefficient (Wildman–Crippen LogP) is 1.22. The molecule has 1 heterocycles. The molecule has 1 fully saturated rings. The molecule has 0 aliphatic carbocycles. The molecule has 102 valence electrons. The SMILES string of the molecule is N#CCC(O)CN1CCN(c2ccc(F)cc2)CC1. The average Bonchev–Trinajstić information content (AvgIpc) is 2.41. The Morgan fingerprint density at radius 3 is 2.42 bits per heavy atom. The van der Waals surface area contributed by atoms with E-state index in [-0.39, 0.29) is 12.2 Å². The number of piperazine rings is 1. The van der Waals surface area contributed by atoms with Crippen molar-refractivity contribution in [2.45, 2.75) is 12.5 Å². The Hall–Kier alpha value is -1.64. The van der Waals surface area contributed by atoms with Crippen molar-refractivity contribution in [3.63, 3.8) is 0 Å². The number of nitriles is 1. The number of hydrogen-bond donors (Lipinski definition) is 1. The number of aliphatic hydroxyl groups excluding tert-OH is 1. The van der Waals surface area contributed by atoms with Crippen molar-refractivity contribution >= 4 is 5.69 Å². The van der Waals surface area contributed by atoms with E-state index in [0.717, 1.165) is 31.9 Å². The zero-order valence-electron chi connectivity index (χ0n) is 10.8. The average molecular weight is 263 g/mol. The summed E-state index contributed by atoms with van der Waals surface area (Å²) in [4.78, 5) is 4.36. The van der Waals surface area contributed by atoms with Gasteiger partial charge in [0, 0.05) is 38.4 Å². The Kier molecular flexibility index (Phi) is 4.72. The van der Waals surface area contributed by atoms with Crippen molar-refractivity contribution in [1.82, 2.24) is 4.90 Å². The first-order valence-electron chi connectivity index (χ1n) is 6.47. The largest absolute Gasteiger partial charge is 0.391 e. The quantitative estimate of drug-likeness (QED) is 0.887. The molecule has 1 saturated heterocycles. The van der Waals surface area contributed by atoms with Gasteiger partial charge in [0.15, 0.2) is 0 Å². The molecule has 1 aromatic carbocycles. The van der Waals surface area contributed by atoms with E-state index in [1.54, 1.807) is 12.1 Å². The maximum atomic E-state index is 12.9. The van der Waals surface area contributed by atoms with Gasteiger partial charge in [0.2, 0.25) is 0 Å². The van der Waals surface area contributed by atoms with E-state index < -0.39 is 6.10 Å². The molecule has 0 radical (unpaired) electrons. The molecular weight excluding hydrogens is 245 g/mol. The number of aliphatic hydroxyl groups is 1. The second-order valence-corrected chi connectivity index (χ2v) is 4.78. The molecule has 2 rings (SSSR count). The maximum absolute atomic E-state index is 12.9.